The Morgan fingerprint density at radius 2 is 0.758 bits per heavy atom. The van der Waals surface area contributed by atoms with Crippen LogP contribution in [0.1, 0.15) is 117 Å². The zero-order chi connectivity index (χ0) is 24.3. The van der Waals surface area contributed by atoms with Crippen molar-refractivity contribution in [1.29, 1.82) is 0 Å². The standard InChI is InChI=1S/C27H51N3O3/c1-4-7-10-13-16-28-25(31)22-19-23(26(32)29-17-14-11-8-5-2)21-24(20-22)27(33)30-18-15-12-9-6-3/h22-24H,4-21H2,1-3H3,(H,28,31)(H,29,32)(H,30,33). The van der Waals surface area contributed by atoms with Gasteiger partial charge in [-0.25, -0.2) is 0 Å². The fourth-order valence-corrected chi connectivity index (χ4v) is 4.68. The zero-order valence-corrected chi connectivity index (χ0v) is 21.7. The van der Waals surface area contributed by atoms with Crippen molar-refractivity contribution >= 4 is 17.7 Å². The predicted molar refractivity (Wildman–Crippen MR) is 136 cm³/mol. The van der Waals surface area contributed by atoms with Crippen molar-refractivity contribution in [3.63, 3.8) is 0 Å². The third-order valence-electron chi connectivity index (χ3n) is 6.81. The van der Waals surface area contributed by atoms with Crippen molar-refractivity contribution < 1.29 is 14.4 Å². The lowest BCUT2D eigenvalue weighted by molar-refractivity contribution is -0.134. The van der Waals surface area contributed by atoms with Crippen molar-refractivity contribution in [3.8, 4) is 0 Å². The van der Waals surface area contributed by atoms with Gasteiger partial charge >= 0.3 is 0 Å². The Balaban J connectivity index is 2.62. The topological polar surface area (TPSA) is 87.3 Å². The summed E-state index contributed by atoms with van der Waals surface area (Å²) in [6.45, 7) is 8.55. The Hall–Kier alpha value is -1.59. The van der Waals surface area contributed by atoms with E-state index in [9.17, 15) is 14.4 Å². The normalized spacial score (nSPS) is 20.3. The third-order valence-corrected chi connectivity index (χ3v) is 6.81. The number of nitrogens with one attached hydrogen (secondary N) is 3. The molecule has 33 heavy (non-hydrogen) atoms. The van der Waals surface area contributed by atoms with Crippen LogP contribution in [0.25, 0.3) is 0 Å². The number of carbonyl (C=O) groups is 3. The van der Waals surface area contributed by atoms with Crippen molar-refractivity contribution in [2.75, 3.05) is 19.6 Å². The molecule has 0 radical (unpaired) electrons. The summed E-state index contributed by atoms with van der Waals surface area (Å²) in [7, 11) is 0. The fraction of sp³-hybridized carbons (Fsp3) is 0.889. The molecule has 0 aromatic heterocycles. The summed E-state index contributed by atoms with van der Waals surface area (Å²) >= 11 is 0. The van der Waals surface area contributed by atoms with E-state index in [1.54, 1.807) is 0 Å². The van der Waals surface area contributed by atoms with E-state index < -0.39 is 0 Å². The van der Waals surface area contributed by atoms with E-state index in [1.807, 2.05) is 0 Å². The van der Waals surface area contributed by atoms with E-state index in [2.05, 4.69) is 36.7 Å². The van der Waals surface area contributed by atoms with Crippen molar-refractivity contribution in [2.24, 2.45) is 17.8 Å². The molecule has 0 aromatic carbocycles. The maximum absolute atomic E-state index is 12.9. The fourth-order valence-electron chi connectivity index (χ4n) is 4.68. The molecule has 3 amide bonds. The van der Waals surface area contributed by atoms with Crippen LogP contribution in [0, 0.1) is 17.8 Å². The molecule has 0 atom stereocenters. The van der Waals surface area contributed by atoms with Crippen LogP contribution in [-0.2, 0) is 14.4 Å². The van der Waals surface area contributed by atoms with Gasteiger partial charge in [-0.1, -0.05) is 78.6 Å². The molecule has 0 aliphatic heterocycles. The van der Waals surface area contributed by atoms with Gasteiger partial charge in [-0.15, -0.1) is 0 Å². The number of hydrogen-bond acceptors (Lipinski definition) is 3. The van der Waals surface area contributed by atoms with Crippen LogP contribution in [-0.4, -0.2) is 37.4 Å². The van der Waals surface area contributed by atoms with Gasteiger partial charge < -0.3 is 16.0 Å². The smallest absolute Gasteiger partial charge is 0.223 e. The van der Waals surface area contributed by atoms with E-state index in [4.69, 9.17) is 0 Å². The summed E-state index contributed by atoms with van der Waals surface area (Å²) < 4.78 is 0. The molecule has 0 aromatic rings. The molecular weight excluding hydrogens is 414 g/mol. The predicted octanol–water partition coefficient (Wildman–Crippen LogP) is 5.11. The summed E-state index contributed by atoms with van der Waals surface area (Å²) in [5, 5.41) is 9.18. The zero-order valence-electron chi connectivity index (χ0n) is 21.7. The molecule has 6 nitrogen and oxygen atoms in total. The van der Waals surface area contributed by atoms with E-state index in [0.717, 1.165) is 38.5 Å². The van der Waals surface area contributed by atoms with Crippen LogP contribution < -0.4 is 16.0 Å². The Morgan fingerprint density at radius 3 is 1.00 bits per heavy atom. The molecule has 3 N–H and O–H groups in total. The minimum absolute atomic E-state index is 0.00712. The highest BCUT2D eigenvalue weighted by atomic mass is 16.2. The van der Waals surface area contributed by atoms with Gasteiger partial charge in [-0.05, 0) is 38.5 Å². The quantitative estimate of drug-likeness (QED) is 0.246. The van der Waals surface area contributed by atoms with E-state index in [1.165, 1.54) is 38.5 Å². The van der Waals surface area contributed by atoms with Crippen LogP contribution in [0.15, 0.2) is 0 Å². The lowest BCUT2D eigenvalue weighted by Gasteiger charge is -2.33. The Bertz CT molecular complexity index is 471. The van der Waals surface area contributed by atoms with Crippen LogP contribution >= 0.6 is 0 Å². The Kier molecular flexibility index (Phi) is 16.8. The van der Waals surface area contributed by atoms with Gasteiger partial charge in [0.15, 0.2) is 0 Å². The maximum Gasteiger partial charge on any atom is 0.223 e. The van der Waals surface area contributed by atoms with Gasteiger partial charge in [-0.2, -0.15) is 0 Å². The second-order valence-electron chi connectivity index (χ2n) is 9.85. The number of unbranched alkanes of at least 4 members (excludes halogenated alkanes) is 9. The van der Waals surface area contributed by atoms with E-state index in [0.29, 0.717) is 38.9 Å². The third kappa shape index (κ3) is 13.0. The van der Waals surface area contributed by atoms with Gasteiger partial charge in [0.05, 0.1) is 0 Å². The Morgan fingerprint density at radius 1 is 0.485 bits per heavy atom. The van der Waals surface area contributed by atoms with Gasteiger partial charge in [0.25, 0.3) is 0 Å². The highest BCUT2D eigenvalue weighted by molar-refractivity contribution is 5.85. The lowest BCUT2D eigenvalue weighted by Crippen LogP contribution is -2.45. The first-order chi connectivity index (χ1) is 16.0. The molecule has 0 unspecified atom stereocenters. The summed E-state index contributed by atoms with van der Waals surface area (Å²) in [4.78, 5) is 38.6. The van der Waals surface area contributed by atoms with Crippen molar-refractivity contribution in [3.05, 3.63) is 0 Å². The molecule has 1 aliphatic carbocycles. The molecule has 1 fully saturated rings. The molecule has 1 saturated carbocycles. The summed E-state index contributed by atoms with van der Waals surface area (Å²) in [6.07, 6.45) is 15.0. The van der Waals surface area contributed by atoms with Crippen molar-refractivity contribution in [1.82, 2.24) is 16.0 Å². The van der Waals surface area contributed by atoms with E-state index >= 15 is 0 Å². The summed E-state index contributed by atoms with van der Waals surface area (Å²) in [5.41, 5.74) is 0. The number of rotatable bonds is 18. The molecule has 192 valence electrons. The Labute approximate surface area is 202 Å². The molecule has 0 heterocycles. The van der Waals surface area contributed by atoms with Crippen LogP contribution in [0.5, 0.6) is 0 Å². The van der Waals surface area contributed by atoms with Gasteiger partial charge in [-0.3, -0.25) is 14.4 Å². The second-order valence-corrected chi connectivity index (χ2v) is 9.85. The molecule has 1 aliphatic rings. The maximum atomic E-state index is 12.9. The number of hydrogen-bond donors (Lipinski definition) is 3. The molecule has 6 heteroatoms. The van der Waals surface area contributed by atoms with Crippen LogP contribution in [0.4, 0.5) is 0 Å². The van der Waals surface area contributed by atoms with Crippen LogP contribution in [0.3, 0.4) is 0 Å². The summed E-state index contributed by atoms with van der Waals surface area (Å²) in [5.74, 6) is -0.780. The first-order valence-electron chi connectivity index (χ1n) is 13.9. The average molecular weight is 466 g/mol. The van der Waals surface area contributed by atoms with Gasteiger partial charge in [0.2, 0.25) is 17.7 Å². The van der Waals surface area contributed by atoms with E-state index in [-0.39, 0.29) is 35.5 Å². The highest BCUT2D eigenvalue weighted by Crippen LogP contribution is 2.34. The highest BCUT2D eigenvalue weighted by Gasteiger charge is 2.38. The average Bonchev–Trinajstić information content (AvgIpc) is 2.83. The SMILES string of the molecule is CCCCCCNC(=O)C1CC(C(=O)NCCCCCC)CC(C(=O)NCCCCCC)C1. The molecule has 1 rings (SSSR count). The minimum Gasteiger partial charge on any atom is -0.356 e. The second kappa shape index (κ2) is 18.8. The first-order valence-corrected chi connectivity index (χ1v) is 13.9. The lowest BCUT2D eigenvalue weighted by atomic mass is 9.74. The van der Waals surface area contributed by atoms with Gasteiger partial charge in [0.1, 0.15) is 0 Å². The largest absolute Gasteiger partial charge is 0.356 e. The minimum atomic E-state index is -0.267. The first kappa shape index (κ1) is 29.4. The van der Waals surface area contributed by atoms with Crippen LogP contribution in [0.2, 0.25) is 0 Å². The number of carbonyl (C=O) groups excluding carboxylic acids is 3. The number of amides is 3. The van der Waals surface area contributed by atoms with Gasteiger partial charge in [0, 0.05) is 37.4 Å². The molecule has 0 bridgehead atoms. The molecule has 0 saturated heterocycles. The summed E-state index contributed by atoms with van der Waals surface area (Å²) in [6, 6.07) is 0. The monoisotopic (exact) mass is 465 g/mol. The molecular formula is C27H51N3O3. The molecule has 0 spiro atoms. The van der Waals surface area contributed by atoms with Crippen molar-refractivity contribution in [2.45, 2.75) is 117 Å².